The molecule has 2 aliphatic carbocycles. The Morgan fingerprint density at radius 2 is 1.21 bits per heavy atom. The fourth-order valence-corrected chi connectivity index (χ4v) is 4.70. The van der Waals surface area contributed by atoms with Crippen molar-refractivity contribution in [1.82, 2.24) is 0 Å². The first-order valence-electron chi connectivity index (χ1n) is 10.6. The maximum absolute atomic E-state index is 12.3. The van der Waals surface area contributed by atoms with Gasteiger partial charge in [0.1, 0.15) is 5.75 Å². The highest BCUT2D eigenvalue weighted by Gasteiger charge is 2.31. The molecule has 1 nitrogen and oxygen atoms in total. The molecule has 3 rings (SSSR count). The minimum Gasteiger partial charge on any atom is -0.406 e. The maximum Gasteiger partial charge on any atom is 0.573 e. The van der Waals surface area contributed by atoms with Gasteiger partial charge >= 0.3 is 6.36 Å². The van der Waals surface area contributed by atoms with Crippen molar-refractivity contribution in [3.8, 4) is 5.75 Å². The lowest BCUT2D eigenvalue weighted by Gasteiger charge is -2.28. The van der Waals surface area contributed by atoms with E-state index in [4.69, 9.17) is 0 Å². The van der Waals surface area contributed by atoms with E-state index >= 15 is 0 Å². The summed E-state index contributed by atoms with van der Waals surface area (Å²) in [5.41, 5.74) is 1.12. The van der Waals surface area contributed by atoms with Crippen molar-refractivity contribution in [3.63, 3.8) is 0 Å². The lowest BCUT2D eigenvalue weighted by Crippen LogP contribution is -2.17. The van der Waals surface area contributed by atoms with E-state index in [1.807, 2.05) is 0 Å². The van der Waals surface area contributed by atoms with Crippen molar-refractivity contribution < 1.29 is 17.9 Å². The van der Waals surface area contributed by atoms with E-state index in [-0.39, 0.29) is 5.75 Å². The quantitative estimate of drug-likeness (QED) is 0.465. The smallest absolute Gasteiger partial charge is 0.406 e. The van der Waals surface area contributed by atoms with E-state index < -0.39 is 6.36 Å². The molecule has 0 heterocycles. The molecule has 0 aliphatic heterocycles. The number of halogens is 3. The van der Waals surface area contributed by atoms with Crippen molar-refractivity contribution in [1.29, 1.82) is 0 Å². The minimum atomic E-state index is -4.63. The van der Waals surface area contributed by atoms with Crippen molar-refractivity contribution in [3.05, 3.63) is 54.1 Å². The molecule has 0 spiro atoms. The van der Waals surface area contributed by atoms with E-state index in [0.717, 1.165) is 43.1 Å². The van der Waals surface area contributed by atoms with Crippen LogP contribution in [0.3, 0.4) is 0 Å². The number of benzene rings is 1. The van der Waals surface area contributed by atoms with Gasteiger partial charge in [-0.2, -0.15) is 0 Å². The molecule has 1 aromatic carbocycles. The molecule has 0 amide bonds. The largest absolute Gasteiger partial charge is 0.573 e. The minimum absolute atomic E-state index is 0.142. The number of hydrogen-bond acceptors (Lipinski definition) is 1. The number of alkyl halides is 3. The van der Waals surface area contributed by atoms with E-state index in [1.54, 1.807) is 12.1 Å². The molecule has 0 atom stereocenters. The van der Waals surface area contributed by atoms with Gasteiger partial charge < -0.3 is 4.74 Å². The third-order valence-electron chi connectivity index (χ3n) is 6.29. The van der Waals surface area contributed by atoms with E-state index in [2.05, 4.69) is 36.0 Å². The molecule has 28 heavy (non-hydrogen) atoms. The molecule has 2 fully saturated rings. The van der Waals surface area contributed by atoms with Crippen molar-refractivity contribution >= 4 is 0 Å². The molecule has 0 N–H and O–H groups in total. The molecule has 154 valence electrons. The highest BCUT2D eigenvalue weighted by Crippen LogP contribution is 2.38. The summed E-state index contributed by atoms with van der Waals surface area (Å²) >= 11 is 0. The lowest BCUT2D eigenvalue weighted by molar-refractivity contribution is -0.274. The molecule has 1 aromatic rings. The first-order chi connectivity index (χ1) is 13.4. The standard InChI is InChI=1S/C24H31F3O/c1-2-3-18-4-6-19(7-5-18)8-9-20-10-12-21(13-11-20)22-14-16-23(17-15-22)28-24(25,26)27/h2-3,8-9,14-21H,4-7,10-13H2,1H3/b3-2+,9-8+. The van der Waals surface area contributed by atoms with Crippen molar-refractivity contribution in [2.75, 3.05) is 0 Å². The summed E-state index contributed by atoms with van der Waals surface area (Å²) in [4.78, 5) is 0. The van der Waals surface area contributed by atoms with Crippen LogP contribution in [0.4, 0.5) is 13.2 Å². The van der Waals surface area contributed by atoms with E-state index in [1.165, 1.54) is 37.8 Å². The summed E-state index contributed by atoms with van der Waals surface area (Å²) in [6, 6.07) is 6.42. The van der Waals surface area contributed by atoms with E-state index in [0.29, 0.717) is 11.8 Å². The molecule has 0 unspecified atom stereocenters. The van der Waals surface area contributed by atoms with Crippen LogP contribution < -0.4 is 4.74 Å². The maximum atomic E-state index is 12.3. The Kier molecular flexibility index (Phi) is 7.25. The number of hydrogen-bond donors (Lipinski definition) is 0. The summed E-state index contributed by atoms with van der Waals surface area (Å²) < 4.78 is 40.8. The third-order valence-corrected chi connectivity index (χ3v) is 6.29. The zero-order valence-electron chi connectivity index (χ0n) is 16.6. The molecule has 2 saturated carbocycles. The van der Waals surface area contributed by atoms with Gasteiger partial charge in [-0.1, -0.05) is 36.4 Å². The molecule has 2 aliphatic rings. The SMILES string of the molecule is C/C=C/C1CCC(/C=C/C2CCC(c3ccc(OC(F)(F)F)cc3)CC2)CC1. The first kappa shape index (κ1) is 21.0. The van der Waals surface area contributed by atoms with E-state index in [9.17, 15) is 13.2 Å². The molecule has 0 saturated heterocycles. The summed E-state index contributed by atoms with van der Waals surface area (Å²) in [5, 5.41) is 0. The Morgan fingerprint density at radius 3 is 1.68 bits per heavy atom. The van der Waals surface area contributed by atoms with Gasteiger partial charge in [-0.25, -0.2) is 0 Å². The van der Waals surface area contributed by atoms with Crippen molar-refractivity contribution in [2.45, 2.75) is 70.6 Å². The summed E-state index contributed by atoms with van der Waals surface area (Å²) in [6.45, 7) is 2.10. The average Bonchev–Trinajstić information content (AvgIpc) is 2.68. The zero-order valence-corrected chi connectivity index (χ0v) is 16.6. The summed E-state index contributed by atoms with van der Waals surface area (Å²) in [7, 11) is 0. The van der Waals surface area contributed by atoms with Gasteiger partial charge in [0.25, 0.3) is 0 Å². The van der Waals surface area contributed by atoms with Gasteiger partial charge in [0, 0.05) is 0 Å². The summed E-state index contributed by atoms with van der Waals surface area (Å²) in [6.07, 6.45) is 14.5. The van der Waals surface area contributed by atoms with Crippen molar-refractivity contribution in [2.24, 2.45) is 17.8 Å². The van der Waals surface area contributed by atoms with Crippen LogP contribution >= 0.6 is 0 Å². The highest BCUT2D eigenvalue weighted by molar-refractivity contribution is 5.30. The molecule has 0 bridgehead atoms. The van der Waals surface area contributed by atoms with Gasteiger partial charge in [0.15, 0.2) is 0 Å². The van der Waals surface area contributed by atoms with Gasteiger partial charge in [-0.15, -0.1) is 13.2 Å². The number of ether oxygens (including phenoxy) is 1. The Balaban J connectivity index is 1.43. The molecular weight excluding hydrogens is 361 g/mol. The predicted octanol–water partition coefficient (Wildman–Crippen LogP) is 7.80. The fraction of sp³-hybridized carbons (Fsp3) is 0.583. The third kappa shape index (κ3) is 6.42. The monoisotopic (exact) mass is 392 g/mol. The second-order valence-electron chi connectivity index (χ2n) is 8.31. The second kappa shape index (κ2) is 9.67. The summed E-state index contributed by atoms with van der Waals surface area (Å²) in [5.74, 6) is 2.47. The topological polar surface area (TPSA) is 9.23 Å². The van der Waals surface area contributed by atoms with Crippen LogP contribution in [0.1, 0.15) is 69.8 Å². The Hall–Kier alpha value is -1.71. The fourth-order valence-electron chi connectivity index (χ4n) is 4.70. The first-order valence-corrected chi connectivity index (χ1v) is 10.6. The van der Waals surface area contributed by atoms with Crippen LogP contribution in [-0.4, -0.2) is 6.36 Å². The molecular formula is C24H31F3O. The highest BCUT2D eigenvalue weighted by atomic mass is 19.4. The Bertz CT molecular complexity index is 643. The molecule has 0 aromatic heterocycles. The molecule has 4 heteroatoms. The predicted molar refractivity (Wildman–Crippen MR) is 107 cm³/mol. The van der Waals surface area contributed by atoms with Gasteiger partial charge in [-0.05, 0) is 99.7 Å². The van der Waals surface area contributed by atoms with Crippen LogP contribution in [0.2, 0.25) is 0 Å². The van der Waals surface area contributed by atoms with Gasteiger partial charge in [0.05, 0.1) is 0 Å². The normalized spacial score (nSPS) is 29.4. The Labute approximate surface area is 166 Å². The van der Waals surface area contributed by atoms with Crippen LogP contribution in [-0.2, 0) is 0 Å². The van der Waals surface area contributed by atoms with Crippen LogP contribution in [0.25, 0.3) is 0 Å². The number of allylic oxidation sites excluding steroid dienone is 4. The van der Waals surface area contributed by atoms with Crippen LogP contribution in [0, 0.1) is 17.8 Å². The lowest BCUT2D eigenvalue weighted by atomic mass is 9.77. The van der Waals surface area contributed by atoms with Crippen LogP contribution in [0.15, 0.2) is 48.6 Å². The Morgan fingerprint density at radius 1 is 0.750 bits per heavy atom. The second-order valence-corrected chi connectivity index (χ2v) is 8.31. The van der Waals surface area contributed by atoms with Gasteiger partial charge in [-0.3, -0.25) is 0 Å². The molecule has 0 radical (unpaired) electrons. The van der Waals surface area contributed by atoms with Crippen LogP contribution in [0.5, 0.6) is 5.75 Å². The number of rotatable bonds is 5. The average molecular weight is 393 g/mol. The zero-order chi connectivity index (χ0) is 20.0. The van der Waals surface area contributed by atoms with Gasteiger partial charge in [0.2, 0.25) is 0 Å².